The van der Waals surface area contributed by atoms with E-state index in [9.17, 15) is 0 Å². The summed E-state index contributed by atoms with van der Waals surface area (Å²) in [6.07, 6.45) is 0.971. The van der Waals surface area contributed by atoms with Crippen molar-refractivity contribution in [2.45, 2.75) is 45.3 Å². The molecule has 1 atom stereocenters. The standard InChI is InChI=1S/C16H22N2O2/c1-16(2,3)11-6-10-4-5-19-8-13(10)12(7-11)14-9-20-15(17)18-14/h6-7,14H,4-5,8-9H2,1-3H3,(H2,17,18)/t14-/m1/s1. The Morgan fingerprint density at radius 3 is 2.75 bits per heavy atom. The first-order valence-electron chi connectivity index (χ1n) is 7.15. The molecule has 4 nitrogen and oxygen atoms in total. The van der Waals surface area contributed by atoms with Crippen LogP contribution in [0.4, 0.5) is 0 Å². The van der Waals surface area contributed by atoms with Gasteiger partial charge in [0.2, 0.25) is 0 Å². The predicted octanol–water partition coefficient (Wildman–Crippen LogP) is 2.44. The number of fused-ring (bicyclic) bond motifs is 1. The highest BCUT2D eigenvalue weighted by Crippen LogP contribution is 2.35. The van der Waals surface area contributed by atoms with E-state index >= 15 is 0 Å². The Morgan fingerprint density at radius 2 is 2.10 bits per heavy atom. The summed E-state index contributed by atoms with van der Waals surface area (Å²) in [4.78, 5) is 4.41. The topological polar surface area (TPSA) is 56.8 Å². The summed E-state index contributed by atoms with van der Waals surface area (Å²) in [5.74, 6) is 0. The maximum atomic E-state index is 5.66. The van der Waals surface area contributed by atoms with Gasteiger partial charge in [-0.15, -0.1) is 0 Å². The zero-order valence-electron chi connectivity index (χ0n) is 12.4. The lowest BCUT2D eigenvalue weighted by molar-refractivity contribution is 0.109. The third kappa shape index (κ3) is 2.40. The normalized spacial score (nSPS) is 22.1. The maximum absolute atomic E-state index is 5.66. The van der Waals surface area contributed by atoms with Crippen molar-refractivity contribution in [3.8, 4) is 0 Å². The number of aliphatic imine (C=N–C) groups is 1. The first kappa shape index (κ1) is 13.4. The molecule has 0 unspecified atom stereocenters. The van der Waals surface area contributed by atoms with Gasteiger partial charge in [-0.3, -0.25) is 0 Å². The molecule has 20 heavy (non-hydrogen) atoms. The van der Waals surface area contributed by atoms with E-state index in [0.29, 0.717) is 19.2 Å². The molecule has 2 heterocycles. The summed E-state index contributed by atoms with van der Waals surface area (Å²) >= 11 is 0. The van der Waals surface area contributed by atoms with E-state index in [4.69, 9.17) is 15.2 Å². The summed E-state index contributed by atoms with van der Waals surface area (Å²) in [5.41, 5.74) is 11.0. The van der Waals surface area contributed by atoms with Crippen molar-refractivity contribution < 1.29 is 9.47 Å². The highest BCUT2D eigenvalue weighted by Gasteiger charge is 2.27. The molecule has 0 radical (unpaired) electrons. The van der Waals surface area contributed by atoms with Crippen LogP contribution in [0.25, 0.3) is 0 Å². The molecule has 0 amide bonds. The van der Waals surface area contributed by atoms with Crippen LogP contribution in [0.15, 0.2) is 17.1 Å². The molecule has 0 fully saturated rings. The van der Waals surface area contributed by atoms with Gasteiger partial charge in [0.25, 0.3) is 6.02 Å². The predicted molar refractivity (Wildman–Crippen MR) is 78.8 cm³/mol. The van der Waals surface area contributed by atoms with E-state index in [-0.39, 0.29) is 11.5 Å². The molecule has 2 aliphatic rings. The minimum atomic E-state index is 0.00718. The van der Waals surface area contributed by atoms with Crippen molar-refractivity contribution >= 4 is 6.02 Å². The number of nitrogens with zero attached hydrogens (tertiary/aromatic N) is 1. The Balaban J connectivity index is 2.11. The summed E-state index contributed by atoms with van der Waals surface area (Å²) in [5, 5.41) is 0. The second kappa shape index (κ2) is 4.77. The van der Waals surface area contributed by atoms with E-state index in [2.05, 4.69) is 37.9 Å². The molecule has 0 bridgehead atoms. The fraction of sp³-hybridized carbons (Fsp3) is 0.562. The monoisotopic (exact) mass is 274 g/mol. The van der Waals surface area contributed by atoms with Crippen LogP contribution in [-0.2, 0) is 27.9 Å². The molecule has 2 N–H and O–H groups in total. The Hall–Kier alpha value is -1.55. The highest BCUT2D eigenvalue weighted by molar-refractivity contribution is 5.73. The van der Waals surface area contributed by atoms with Crippen molar-refractivity contribution in [2.24, 2.45) is 10.7 Å². The molecule has 1 aromatic rings. The van der Waals surface area contributed by atoms with Gasteiger partial charge in [-0.2, -0.15) is 0 Å². The van der Waals surface area contributed by atoms with Crippen molar-refractivity contribution in [3.05, 3.63) is 34.4 Å². The summed E-state index contributed by atoms with van der Waals surface area (Å²) in [7, 11) is 0. The molecular formula is C16H22N2O2. The smallest absolute Gasteiger partial charge is 0.282 e. The average Bonchev–Trinajstić information content (AvgIpc) is 2.83. The van der Waals surface area contributed by atoms with Gasteiger partial charge in [0.05, 0.1) is 13.2 Å². The molecule has 0 saturated heterocycles. The lowest BCUT2D eigenvalue weighted by Gasteiger charge is -2.27. The Labute approximate surface area is 120 Å². The largest absolute Gasteiger partial charge is 0.463 e. The highest BCUT2D eigenvalue weighted by atomic mass is 16.5. The number of benzene rings is 1. The van der Waals surface area contributed by atoms with Crippen LogP contribution in [0.1, 0.15) is 49.1 Å². The van der Waals surface area contributed by atoms with Crippen molar-refractivity contribution in [1.82, 2.24) is 0 Å². The SMILES string of the molecule is CC(C)(C)c1cc2c(c([C@H]3COC(N)=N3)c1)COCC2. The molecule has 1 aromatic carbocycles. The van der Waals surface area contributed by atoms with Crippen LogP contribution in [0.5, 0.6) is 0 Å². The van der Waals surface area contributed by atoms with Crippen molar-refractivity contribution in [3.63, 3.8) is 0 Å². The Kier molecular flexibility index (Phi) is 3.21. The second-order valence-corrected chi connectivity index (χ2v) is 6.55. The number of nitrogens with two attached hydrogens (primary N) is 1. The van der Waals surface area contributed by atoms with Crippen LogP contribution in [-0.4, -0.2) is 19.2 Å². The zero-order valence-corrected chi connectivity index (χ0v) is 12.4. The molecular weight excluding hydrogens is 252 g/mol. The van der Waals surface area contributed by atoms with Crippen LogP contribution < -0.4 is 5.73 Å². The number of amidine groups is 1. The first-order chi connectivity index (χ1) is 9.45. The molecule has 0 aliphatic carbocycles. The second-order valence-electron chi connectivity index (χ2n) is 6.55. The molecule has 108 valence electrons. The maximum Gasteiger partial charge on any atom is 0.282 e. The van der Waals surface area contributed by atoms with Crippen LogP contribution >= 0.6 is 0 Å². The summed E-state index contributed by atoms with van der Waals surface area (Å²) in [6.45, 7) is 8.71. The van der Waals surface area contributed by atoms with Gasteiger partial charge in [-0.25, -0.2) is 4.99 Å². The van der Waals surface area contributed by atoms with E-state index in [1.165, 1.54) is 22.3 Å². The number of ether oxygens (including phenoxy) is 2. The van der Waals surface area contributed by atoms with E-state index in [1.807, 2.05) is 0 Å². The van der Waals surface area contributed by atoms with E-state index in [1.54, 1.807) is 0 Å². The van der Waals surface area contributed by atoms with Crippen LogP contribution in [0.2, 0.25) is 0 Å². The number of hydrogen-bond acceptors (Lipinski definition) is 4. The first-order valence-corrected chi connectivity index (χ1v) is 7.15. The quantitative estimate of drug-likeness (QED) is 0.855. The average molecular weight is 274 g/mol. The minimum Gasteiger partial charge on any atom is -0.463 e. The molecule has 4 heteroatoms. The molecule has 0 spiro atoms. The van der Waals surface area contributed by atoms with Crippen molar-refractivity contribution in [2.75, 3.05) is 13.2 Å². The third-order valence-electron chi connectivity index (χ3n) is 4.04. The Morgan fingerprint density at radius 1 is 1.30 bits per heavy atom. The molecule has 3 rings (SSSR count). The van der Waals surface area contributed by atoms with E-state index in [0.717, 1.165) is 13.0 Å². The third-order valence-corrected chi connectivity index (χ3v) is 4.04. The van der Waals surface area contributed by atoms with E-state index < -0.39 is 0 Å². The lowest BCUT2D eigenvalue weighted by atomic mass is 9.81. The zero-order chi connectivity index (χ0) is 14.3. The van der Waals surface area contributed by atoms with Gasteiger partial charge in [0.15, 0.2) is 0 Å². The van der Waals surface area contributed by atoms with Gasteiger partial charge in [-0.05, 0) is 34.1 Å². The van der Waals surface area contributed by atoms with Crippen molar-refractivity contribution in [1.29, 1.82) is 0 Å². The van der Waals surface area contributed by atoms with Crippen LogP contribution in [0, 0.1) is 0 Å². The van der Waals surface area contributed by atoms with Gasteiger partial charge in [0, 0.05) is 0 Å². The van der Waals surface area contributed by atoms with Gasteiger partial charge in [0.1, 0.15) is 12.6 Å². The molecule has 0 aromatic heterocycles. The fourth-order valence-electron chi connectivity index (χ4n) is 2.79. The van der Waals surface area contributed by atoms with Gasteiger partial charge in [-0.1, -0.05) is 32.9 Å². The summed E-state index contributed by atoms with van der Waals surface area (Å²) < 4.78 is 11.0. The number of hydrogen-bond donors (Lipinski definition) is 1. The van der Waals surface area contributed by atoms with Gasteiger partial charge >= 0.3 is 0 Å². The fourth-order valence-corrected chi connectivity index (χ4v) is 2.79. The lowest BCUT2D eigenvalue weighted by Crippen LogP contribution is -2.19. The molecule has 2 aliphatic heterocycles. The van der Waals surface area contributed by atoms with Gasteiger partial charge < -0.3 is 15.2 Å². The summed E-state index contributed by atoms with van der Waals surface area (Å²) in [6, 6.07) is 4.88. The van der Waals surface area contributed by atoms with Crippen LogP contribution in [0.3, 0.4) is 0 Å². The molecule has 0 saturated carbocycles. The minimum absolute atomic E-state index is 0.00718. The number of rotatable bonds is 1. The Bertz CT molecular complexity index is 558.